The minimum Gasteiger partial charge on any atom is -0.394 e. The molecular formula is C15H16N4O3. The van der Waals surface area contributed by atoms with Crippen molar-refractivity contribution in [1.82, 2.24) is 14.5 Å². The van der Waals surface area contributed by atoms with Crippen LogP contribution in [0.4, 0.5) is 5.82 Å². The van der Waals surface area contributed by atoms with Gasteiger partial charge in [-0.05, 0) is 6.07 Å². The number of nitrogen functional groups attached to an aromatic ring is 1. The van der Waals surface area contributed by atoms with Crippen LogP contribution in [0, 0.1) is 0 Å². The molecule has 22 heavy (non-hydrogen) atoms. The lowest BCUT2D eigenvalue weighted by Crippen LogP contribution is -2.24. The molecule has 1 saturated heterocycles. The summed E-state index contributed by atoms with van der Waals surface area (Å²) in [6, 6.07) is 7.77. The molecule has 3 heterocycles. The maximum absolute atomic E-state index is 10.0. The molecule has 0 saturated carbocycles. The molecule has 7 heteroatoms. The molecule has 4 rings (SSSR count). The molecule has 2 aromatic heterocycles. The van der Waals surface area contributed by atoms with Crippen molar-refractivity contribution in [2.45, 2.75) is 24.9 Å². The molecule has 0 spiro atoms. The van der Waals surface area contributed by atoms with Crippen LogP contribution in [0.5, 0.6) is 0 Å². The van der Waals surface area contributed by atoms with Gasteiger partial charge < -0.3 is 20.7 Å². The number of aromatic nitrogens is 3. The lowest BCUT2D eigenvalue weighted by molar-refractivity contribution is -0.0417. The zero-order valence-corrected chi connectivity index (χ0v) is 11.8. The largest absolute Gasteiger partial charge is 0.394 e. The summed E-state index contributed by atoms with van der Waals surface area (Å²) >= 11 is 0. The number of nitrogens with two attached hydrogens (primary N) is 1. The average molecular weight is 300 g/mol. The van der Waals surface area contributed by atoms with Gasteiger partial charge >= 0.3 is 0 Å². The van der Waals surface area contributed by atoms with Crippen molar-refractivity contribution in [3.8, 4) is 0 Å². The van der Waals surface area contributed by atoms with Crippen LogP contribution in [0.1, 0.15) is 12.6 Å². The normalized spacial score (nSPS) is 25.3. The summed E-state index contributed by atoms with van der Waals surface area (Å²) in [5.74, 6) is 0.414. The molecule has 3 aromatic rings. The van der Waals surface area contributed by atoms with Crippen LogP contribution in [0.25, 0.3) is 21.9 Å². The Balaban J connectivity index is 1.98. The topological polar surface area (TPSA) is 106 Å². The number of rotatable bonds is 2. The van der Waals surface area contributed by atoms with Gasteiger partial charge in [-0.15, -0.1) is 0 Å². The third-order valence-electron chi connectivity index (χ3n) is 4.19. The van der Waals surface area contributed by atoms with Crippen molar-refractivity contribution in [3.05, 3.63) is 30.6 Å². The summed E-state index contributed by atoms with van der Waals surface area (Å²) in [6.45, 7) is -0.216. The van der Waals surface area contributed by atoms with Crippen molar-refractivity contribution in [3.63, 3.8) is 0 Å². The highest BCUT2D eigenvalue weighted by Crippen LogP contribution is 2.37. The van der Waals surface area contributed by atoms with E-state index in [1.54, 1.807) is 0 Å². The van der Waals surface area contributed by atoms with Gasteiger partial charge in [0.1, 0.15) is 30.1 Å². The van der Waals surface area contributed by atoms with Crippen molar-refractivity contribution in [2.24, 2.45) is 0 Å². The molecule has 3 atom stereocenters. The van der Waals surface area contributed by atoms with E-state index in [4.69, 9.17) is 10.5 Å². The number of hydrogen-bond donors (Lipinski definition) is 3. The second-order valence-electron chi connectivity index (χ2n) is 5.46. The van der Waals surface area contributed by atoms with Gasteiger partial charge in [0.2, 0.25) is 0 Å². The van der Waals surface area contributed by atoms with Crippen molar-refractivity contribution < 1.29 is 14.9 Å². The van der Waals surface area contributed by atoms with Crippen molar-refractivity contribution in [2.75, 3.05) is 12.3 Å². The number of anilines is 1. The molecule has 1 fully saturated rings. The van der Waals surface area contributed by atoms with Crippen LogP contribution in [0.2, 0.25) is 0 Å². The van der Waals surface area contributed by atoms with E-state index in [-0.39, 0.29) is 6.61 Å². The van der Waals surface area contributed by atoms with Gasteiger partial charge in [-0.1, -0.05) is 18.2 Å². The Labute approximate surface area is 126 Å². The summed E-state index contributed by atoms with van der Waals surface area (Å²) in [5, 5.41) is 21.0. The summed E-state index contributed by atoms with van der Waals surface area (Å²) < 4.78 is 7.70. The predicted octanol–water partition coefficient (Wildman–Crippen LogP) is 0.807. The lowest BCUT2D eigenvalue weighted by Gasteiger charge is -2.15. The Morgan fingerprint density at radius 2 is 2.14 bits per heavy atom. The monoisotopic (exact) mass is 300 g/mol. The van der Waals surface area contributed by atoms with Gasteiger partial charge in [-0.25, -0.2) is 9.97 Å². The van der Waals surface area contributed by atoms with Gasteiger partial charge in [-0.2, -0.15) is 0 Å². The van der Waals surface area contributed by atoms with Gasteiger partial charge in [0, 0.05) is 11.8 Å². The minimum absolute atomic E-state index is 0.216. The summed E-state index contributed by atoms with van der Waals surface area (Å²) in [5.41, 5.74) is 7.61. The molecule has 0 unspecified atom stereocenters. The standard InChI is InChI=1S/C15H16N4O3/c16-14-13-8-3-1-2-4-9(8)19(15(13)18-7-17-14)12-5-10(21)11(6-20)22-12/h1-4,7,10-12,20-21H,5-6H2,(H2,16,17,18)/t10-,11-,12-/m1/s1. The highest BCUT2D eigenvalue weighted by Gasteiger charge is 2.36. The number of para-hydroxylation sites is 1. The number of benzene rings is 1. The van der Waals surface area contributed by atoms with Crippen LogP contribution in [-0.2, 0) is 4.74 Å². The second-order valence-corrected chi connectivity index (χ2v) is 5.46. The Morgan fingerprint density at radius 3 is 2.91 bits per heavy atom. The van der Waals surface area contributed by atoms with E-state index in [0.29, 0.717) is 17.9 Å². The second kappa shape index (κ2) is 4.91. The molecule has 4 N–H and O–H groups in total. The fourth-order valence-electron chi connectivity index (χ4n) is 3.17. The fraction of sp³-hybridized carbons (Fsp3) is 0.333. The smallest absolute Gasteiger partial charge is 0.148 e. The first-order valence-corrected chi connectivity index (χ1v) is 7.14. The van der Waals surface area contributed by atoms with E-state index in [0.717, 1.165) is 16.3 Å². The third kappa shape index (κ3) is 1.80. The van der Waals surface area contributed by atoms with E-state index in [9.17, 15) is 10.2 Å². The van der Waals surface area contributed by atoms with E-state index >= 15 is 0 Å². The van der Waals surface area contributed by atoms with Crippen LogP contribution in [0.3, 0.4) is 0 Å². The zero-order chi connectivity index (χ0) is 15.3. The number of ether oxygens (including phenoxy) is 1. The average Bonchev–Trinajstić information content (AvgIpc) is 3.05. The molecule has 0 bridgehead atoms. The van der Waals surface area contributed by atoms with Crippen LogP contribution < -0.4 is 5.73 Å². The molecule has 1 aromatic carbocycles. The van der Waals surface area contributed by atoms with Gasteiger partial charge in [-0.3, -0.25) is 4.57 Å². The van der Waals surface area contributed by atoms with E-state index in [1.165, 1.54) is 6.33 Å². The molecule has 0 radical (unpaired) electrons. The maximum atomic E-state index is 10.0. The summed E-state index contributed by atoms with van der Waals surface area (Å²) in [4.78, 5) is 8.41. The molecule has 1 aliphatic rings. The quantitative estimate of drug-likeness (QED) is 0.646. The molecule has 7 nitrogen and oxygen atoms in total. The van der Waals surface area contributed by atoms with Crippen LogP contribution in [-0.4, -0.2) is 43.6 Å². The predicted molar refractivity (Wildman–Crippen MR) is 81.1 cm³/mol. The molecule has 0 aliphatic carbocycles. The zero-order valence-electron chi connectivity index (χ0n) is 11.8. The number of aliphatic hydroxyl groups excluding tert-OH is 2. The van der Waals surface area contributed by atoms with Crippen LogP contribution in [0.15, 0.2) is 30.6 Å². The fourth-order valence-corrected chi connectivity index (χ4v) is 3.17. The van der Waals surface area contributed by atoms with E-state index < -0.39 is 18.4 Å². The first-order valence-electron chi connectivity index (χ1n) is 7.14. The maximum Gasteiger partial charge on any atom is 0.148 e. The SMILES string of the molecule is Nc1ncnc2c1c1ccccc1n2[C@H]1C[C@@H](O)[C@@H](CO)O1. The number of hydrogen-bond acceptors (Lipinski definition) is 6. The van der Waals surface area contributed by atoms with E-state index in [1.807, 2.05) is 28.8 Å². The van der Waals surface area contributed by atoms with Gasteiger partial charge in [0.05, 0.1) is 23.6 Å². The minimum atomic E-state index is -0.703. The molecular weight excluding hydrogens is 284 g/mol. The summed E-state index contributed by atoms with van der Waals surface area (Å²) in [6.07, 6.45) is 0.125. The Morgan fingerprint density at radius 1 is 1.32 bits per heavy atom. The van der Waals surface area contributed by atoms with Gasteiger partial charge in [0.25, 0.3) is 0 Å². The summed E-state index contributed by atoms with van der Waals surface area (Å²) in [7, 11) is 0. The first-order chi connectivity index (χ1) is 10.7. The first kappa shape index (κ1) is 13.4. The Bertz CT molecular complexity index is 847. The van der Waals surface area contributed by atoms with Gasteiger partial charge in [0.15, 0.2) is 0 Å². The van der Waals surface area contributed by atoms with Crippen molar-refractivity contribution >= 4 is 27.8 Å². The Hall–Kier alpha value is -2.22. The molecule has 1 aliphatic heterocycles. The molecule has 0 amide bonds. The Kier molecular flexibility index (Phi) is 3.00. The number of aliphatic hydroxyl groups is 2. The van der Waals surface area contributed by atoms with E-state index in [2.05, 4.69) is 9.97 Å². The third-order valence-corrected chi connectivity index (χ3v) is 4.19. The van der Waals surface area contributed by atoms with Crippen molar-refractivity contribution in [1.29, 1.82) is 0 Å². The number of fused-ring (bicyclic) bond motifs is 3. The number of nitrogens with zero attached hydrogens (tertiary/aromatic N) is 3. The molecule has 114 valence electrons. The highest BCUT2D eigenvalue weighted by atomic mass is 16.5. The lowest BCUT2D eigenvalue weighted by atomic mass is 10.2. The highest BCUT2D eigenvalue weighted by molar-refractivity contribution is 6.11. The van der Waals surface area contributed by atoms with Crippen LogP contribution >= 0.6 is 0 Å².